The number of ether oxygens (including phenoxy) is 1. The number of likely N-dealkylation sites (tertiary alicyclic amines) is 1. The van der Waals surface area contributed by atoms with Gasteiger partial charge in [0.1, 0.15) is 0 Å². The van der Waals surface area contributed by atoms with Crippen molar-refractivity contribution in [1.82, 2.24) is 25.3 Å². The van der Waals surface area contributed by atoms with E-state index in [-0.39, 0.29) is 11.6 Å². The summed E-state index contributed by atoms with van der Waals surface area (Å²) < 4.78 is 7.59. The summed E-state index contributed by atoms with van der Waals surface area (Å²) in [5.74, 6) is 1.66. The van der Waals surface area contributed by atoms with Crippen LogP contribution in [0, 0.1) is 5.92 Å². The minimum atomic E-state index is -0.00170. The van der Waals surface area contributed by atoms with Gasteiger partial charge in [-0.15, -0.1) is 0 Å². The zero-order valence-electron chi connectivity index (χ0n) is 19.8. The maximum absolute atomic E-state index is 5.70. The Bertz CT molecular complexity index is 874. The van der Waals surface area contributed by atoms with E-state index in [1.807, 2.05) is 25.0 Å². The molecule has 0 radical (unpaired) electrons. The Kier molecular flexibility index (Phi) is 7.48. The lowest BCUT2D eigenvalue weighted by molar-refractivity contribution is 0.0353. The average molecular weight is 439 g/mol. The monoisotopic (exact) mass is 438 g/mol. The summed E-state index contributed by atoms with van der Waals surface area (Å²) in [6.45, 7) is 6.79. The van der Waals surface area contributed by atoms with E-state index in [0.29, 0.717) is 5.92 Å². The van der Waals surface area contributed by atoms with Gasteiger partial charge in [-0.1, -0.05) is 30.3 Å². The van der Waals surface area contributed by atoms with Crippen LogP contribution in [0.15, 0.2) is 47.7 Å². The predicted octanol–water partition coefficient (Wildman–Crippen LogP) is 2.76. The summed E-state index contributed by atoms with van der Waals surface area (Å²) in [6, 6.07) is 11.0. The van der Waals surface area contributed by atoms with Gasteiger partial charge in [0.2, 0.25) is 0 Å². The van der Waals surface area contributed by atoms with Crippen LogP contribution in [0.4, 0.5) is 0 Å². The maximum Gasteiger partial charge on any atom is 0.193 e. The van der Waals surface area contributed by atoms with Crippen molar-refractivity contribution in [3.05, 3.63) is 53.9 Å². The molecule has 32 heavy (non-hydrogen) atoms. The second kappa shape index (κ2) is 10.5. The molecule has 2 saturated heterocycles. The second-order valence-electron chi connectivity index (χ2n) is 9.40. The molecule has 0 saturated carbocycles. The van der Waals surface area contributed by atoms with E-state index in [0.717, 1.165) is 58.1 Å². The third-order valence-corrected chi connectivity index (χ3v) is 6.94. The summed E-state index contributed by atoms with van der Waals surface area (Å²) in [5.41, 5.74) is 2.64. The first-order chi connectivity index (χ1) is 15.6. The molecule has 1 aromatic heterocycles. The van der Waals surface area contributed by atoms with Crippen LogP contribution >= 0.6 is 0 Å². The minimum Gasteiger partial charge on any atom is -0.381 e. The third kappa shape index (κ3) is 5.70. The lowest BCUT2D eigenvalue weighted by atomic mass is 9.88. The number of nitrogens with one attached hydrogen (secondary N) is 2. The number of rotatable bonds is 7. The zero-order valence-corrected chi connectivity index (χ0v) is 19.8. The Labute approximate surface area is 192 Å². The van der Waals surface area contributed by atoms with Gasteiger partial charge in [-0.2, -0.15) is 5.10 Å². The van der Waals surface area contributed by atoms with Gasteiger partial charge in [-0.25, -0.2) is 0 Å². The topological polar surface area (TPSA) is 66.7 Å². The van der Waals surface area contributed by atoms with Crippen LogP contribution in [0.25, 0.3) is 0 Å². The Morgan fingerprint density at radius 1 is 1.28 bits per heavy atom. The highest BCUT2D eigenvalue weighted by atomic mass is 16.5. The van der Waals surface area contributed by atoms with Crippen LogP contribution < -0.4 is 10.6 Å². The molecule has 0 aliphatic carbocycles. The molecule has 7 nitrogen and oxygen atoms in total. The van der Waals surface area contributed by atoms with Gasteiger partial charge >= 0.3 is 0 Å². The van der Waals surface area contributed by atoms with Crippen LogP contribution in [0.3, 0.4) is 0 Å². The number of aliphatic imine (C=N–C) groups is 1. The quantitative estimate of drug-likeness (QED) is 0.514. The maximum atomic E-state index is 5.70. The number of hydrogen-bond acceptors (Lipinski definition) is 4. The van der Waals surface area contributed by atoms with Crippen LogP contribution in [0.2, 0.25) is 0 Å². The SMILES string of the molecule is CN=C(NCC1(NC(C)c2ccccc2)CCOCC1)N1CCC(Cc2cnn(C)c2)C1. The van der Waals surface area contributed by atoms with Gasteiger partial charge < -0.3 is 20.3 Å². The smallest absolute Gasteiger partial charge is 0.193 e. The Morgan fingerprint density at radius 3 is 2.75 bits per heavy atom. The lowest BCUT2D eigenvalue weighted by Crippen LogP contribution is -2.58. The molecule has 2 unspecified atom stereocenters. The van der Waals surface area contributed by atoms with Crippen LogP contribution in [-0.2, 0) is 18.2 Å². The molecule has 4 rings (SSSR count). The van der Waals surface area contributed by atoms with Crippen molar-refractivity contribution in [2.24, 2.45) is 18.0 Å². The highest BCUT2D eigenvalue weighted by Gasteiger charge is 2.35. The number of aromatic nitrogens is 2. The Hall–Kier alpha value is -2.38. The van der Waals surface area contributed by atoms with E-state index in [2.05, 4.69) is 69.1 Å². The van der Waals surface area contributed by atoms with E-state index in [4.69, 9.17) is 4.74 Å². The number of hydrogen-bond donors (Lipinski definition) is 2. The molecule has 2 aliphatic rings. The lowest BCUT2D eigenvalue weighted by Gasteiger charge is -2.41. The fourth-order valence-electron chi connectivity index (χ4n) is 5.10. The predicted molar refractivity (Wildman–Crippen MR) is 129 cm³/mol. The van der Waals surface area contributed by atoms with Crippen molar-refractivity contribution in [2.75, 3.05) is 39.9 Å². The molecule has 0 bridgehead atoms. The van der Waals surface area contributed by atoms with Gasteiger partial charge in [-0.3, -0.25) is 9.67 Å². The fourth-order valence-corrected chi connectivity index (χ4v) is 5.10. The molecular formula is C25H38N6O. The largest absolute Gasteiger partial charge is 0.381 e. The van der Waals surface area contributed by atoms with Gasteiger partial charge in [0.05, 0.1) is 6.20 Å². The fraction of sp³-hybridized carbons (Fsp3) is 0.600. The first-order valence-corrected chi connectivity index (χ1v) is 11.9. The summed E-state index contributed by atoms with van der Waals surface area (Å²) in [5, 5.41) is 12.0. The Balaban J connectivity index is 1.35. The highest BCUT2D eigenvalue weighted by Crippen LogP contribution is 2.26. The normalized spacial score (nSPS) is 22.2. The van der Waals surface area contributed by atoms with Gasteiger partial charge in [0.15, 0.2) is 5.96 Å². The van der Waals surface area contributed by atoms with Crippen molar-refractivity contribution in [3.8, 4) is 0 Å². The van der Waals surface area contributed by atoms with Gasteiger partial charge in [0.25, 0.3) is 0 Å². The average Bonchev–Trinajstić information content (AvgIpc) is 3.44. The van der Waals surface area contributed by atoms with Crippen LogP contribution in [0.5, 0.6) is 0 Å². The van der Waals surface area contributed by atoms with Gasteiger partial charge in [0, 0.05) is 64.7 Å². The van der Waals surface area contributed by atoms with E-state index in [1.54, 1.807) is 0 Å². The molecule has 2 atom stereocenters. The molecular weight excluding hydrogens is 400 g/mol. The van der Waals surface area contributed by atoms with E-state index >= 15 is 0 Å². The van der Waals surface area contributed by atoms with E-state index in [9.17, 15) is 0 Å². The summed E-state index contributed by atoms with van der Waals surface area (Å²) in [6.07, 6.45) is 8.39. The van der Waals surface area contributed by atoms with Crippen molar-refractivity contribution in [3.63, 3.8) is 0 Å². The number of guanidine groups is 1. The number of nitrogens with zero attached hydrogens (tertiary/aromatic N) is 4. The highest BCUT2D eigenvalue weighted by molar-refractivity contribution is 5.80. The van der Waals surface area contributed by atoms with Crippen molar-refractivity contribution in [2.45, 2.75) is 44.2 Å². The minimum absolute atomic E-state index is 0.00170. The summed E-state index contributed by atoms with van der Waals surface area (Å²) in [4.78, 5) is 7.04. The molecule has 0 amide bonds. The van der Waals surface area contributed by atoms with Crippen molar-refractivity contribution >= 4 is 5.96 Å². The van der Waals surface area contributed by atoms with Crippen LogP contribution in [-0.4, -0.2) is 66.1 Å². The molecule has 1 aromatic carbocycles. The molecule has 2 aliphatic heterocycles. The second-order valence-corrected chi connectivity index (χ2v) is 9.40. The molecule has 2 fully saturated rings. The third-order valence-electron chi connectivity index (χ3n) is 6.94. The van der Waals surface area contributed by atoms with Crippen LogP contribution in [0.1, 0.15) is 43.4 Å². The number of aryl methyl sites for hydroxylation is 1. The van der Waals surface area contributed by atoms with E-state index < -0.39 is 0 Å². The van der Waals surface area contributed by atoms with Crippen molar-refractivity contribution < 1.29 is 4.74 Å². The Morgan fingerprint density at radius 2 is 2.06 bits per heavy atom. The van der Waals surface area contributed by atoms with Gasteiger partial charge in [-0.05, 0) is 49.7 Å². The van der Waals surface area contributed by atoms with E-state index in [1.165, 1.54) is 17.5 Å². The summed E-state index contributed by atoms with van der Waals surface area (Å²) >= 11 is 0. The standard InChI is InChI=1S/C25H38N6O/c1-20(23-7-5-4-6-8-23)29-25(10-13-32-14-11-25)19-27-24(26-2)31-12-9-21(18-31)15-22-16-28-30(3)17-22/h4-8,16-17,20-21,29H,9-15,18-19H2,1-3H3,(H,26,27). The van der Waals surface area contributed by atoms with Crippen molar-refractivity contribution in [1.29, 1.82) is 0 Å². The summed E-state index contributed by atoms with van der Waals surface area (Å²) in [7, 11) is 3.88. The molecule has 7 heteroatoms. The first-order valence-electron chi connectivity index (χ1n) is 11.9. The zero-order chi connectivity index (χ0) is 22.4. The molecule has 3 heterocycles. The number of benzene rings is 1. The first kappa shape index (κ1) is 22.8. The molecule has 2 N–H and O–H groups in total. The molecule has 174 valence electrons. The molecule has 0 spiro atoms. The molecule has 2 aromatic rings.